The maximum Gasteiger partial charge on any atom is 0.305 e. The quantitative estimate of drug-likeness (QED) is 0.319. The van der Waals surface area contributed by atoms with Gasteiger partial charge in [-0.25, -0.2) is 0 Å². The summed E-state index contributed by atoms with van der Waals surface area (Å²) >= 11 is 6.60. The second-order valence-corrected chi connectivity index (χ2v) is 6.51. The summed E-state index contributed by atoms with van der Waals surface area (Å²) in [6.45, 7) is 0.595. The largest absolute Gasteiger partial charge is 0.469 e. The lowest BCUT2D eigenvalue weighted by molar-refractivity contribution is -0.140. The van der Waals surface area contributed by atoms with Crippen molar-refractivity contribution < 1.29 is 14.3 Å². The highest BCUT2D eigenvalue weighted by Crippen LogP contribution is 2.33. The molecule has 122 valence electrons. The Morgan fingerprint density at radius 2 is 2.00 bits per heavy atom. The Morgan fingerprint density at radius 1 is 1.26 bits per heavy atom. The fraction of sp³-hybridized carbons (Fsp3) is 0.353. The van der Waals surface area contributed by atoms with Crippen LogP contribution >= 0.6 is 24.0 Å². The summed E-state index contributed by atoms with van der Waals surface area (Å²) in [5, 5.41) is -0.0230. The second kappa shape index (κ2) is 8.84. The number of carbonyl (C=O) groups excluding carboxylic acids is 2. The van der Waals surface area contributed by atoms with Gasteiger partial charge in [-0.05, 0) is 36.2 Å². The molecule has 23 heavy (non-hydrogen) atoms. The number of unbranched alkanes of at least 4 members (excludes halogenated alkanes) is 2. The van der Waals surface area contributed by atoms with E-state index in [1.54, 1.807) is 4.90 Å². The molecular weight excluding hydrogens is 330 g/mol. The van der Waals surface area contributed by atoms with E-state index in [0.717, 1.165) is 29.7 Å². The van der Waals surface area contributed by atoms with Crippen LogP contribution in [-0.4, -0.2) is 34.8 Å². The van der Waals surface area contributed by atoms with Gasteiger partial charge in [-0.3, -0.25) is 14.5 Å². The van der Waals surface area contributed by atoms with E-state index in [2.05, 4.69) is 4.74 Å². The van der Waals surface area contributed by atoms with Crippen molar-refractivity contribution in [2.24, 2.45) is 0 Å². The van der Waals surface area contributed by atoms with Crippen LogP contribution in [0, 0.1) is 0 Å². The minimum absolute atomic E-state index is 0.0230. The Kier molecular flexibility index (Phi) is 6.80. The molecule has 1 saturated heterocycles. The molecule has 1 amide bonds. The van der Waals surface area contributed by atoms with E-state index < -0.39 is 0 Å². The Balaban J connectivity index is 1.84. The van der Waals surface area contributed by atoms with Crippen molar-refractivity contribution in [1.82, 2.24) is 4.90 Å². The van der Waals surface area contributed by atoms with E-state index >= 15 is 0 Å². The van der Waals surface area contributed by atoms with Gasteiger partial charge in [0.05, 0.1) is 12.0 Å². The van der Waals surface area contributed by atoms with Crippen LogP contribution in [0.15, 0.2) is 35.2 Å². The first-order valence-corrected chi connectivity index (χ1v) is 8.71. The zero-order chi connectivity index (χ0) is 16.7. The minimum atomic E-state index is -0.193. The van der Waals surface area contributed by atoms with Crippen molar-refractivity contribution >= 4 is 46.3 Å². The highest BCUT2D eigenvalue weighted by molar-refractivity contribution is 8.19. The molecule has 0 aromatic heterocycles. The second-order valence-electron chi connectivity index (χ2n) is 5.13. The molecule has 0 bridgehead atoms. The first-order chi connectivity index (χ1) is 11.1. The lowest BCUT2D eigenvalue weighted by Gasteiger charge is -2.14. The number of benzene rings is 1. The number of amides is 1. The molecule has 0 radical (unpaired) electrons. The average Bonchev–Trinajstić information content (AvgIpc) is 2.82. The van der Waals surface area contributed by atoms with Gasteiger partial charge in [0.25, 0.3) is 5.24 Å². The van der Waals surface area contributed by atoms with Gasteiger partial charge in [0, 0.05) is 13.0 Å². The standard InChI is InChI=1S/C17H19NO3S2/c1-21-15(19)10-6-3-7-11-18-16(22)14(23-17(18)20)12-13-8-4-2-5-9-13/h2,4-5,8-9,12H,3,6-7,10-11H2,1H3/b14-12+. The fourth-order valence-electron chi connectivity index (χ4n) is 2.21. The number of thiocarbonyl (C=S) groups is 1. The Hall–Kier alpha value is -1.66. The van der Waals surface area contributed by atoms with Crippen LogP contribution in [0.2, 0.25) is 0 Å². The summed E-state index contributed by atoms with van der Waals surface area (Å²) < 4.78 is 4.60. The molecule has 1 aliphatic rings. The van der Waals surface area contributed by atoms with Gasteiger partial charge >= 0.3 is 5.97 Å². The van der Waals surface area contributed by atoms with Crippen molar-refractivity contribution in [2.75, 3.05) is 13.7 Å². The van der Waals surface area contributed by atoms with Crippen molar-refractivity contribution in [3.63, 3.8) is 0 Å². The summed E-state index contributed by atoms with van der Waals surface area (Å²) in [7, 11) is 1.39. The van der Waals surface area contributed by atoms with Gasteiger partial charge in [-0.15, -0.1) is 0 Å². The van der Waals surface area contributed by atoms with Gasteiger partial charge in [0.2, 0.25) is 0 Å². The third-order valence-electron chi connectivity index (χ3n) is 3.46. The molecule has 1 aromatic carbocycles. The molecule has 1 fully saturated rings. The van der Waals surface area contributed by atoms with Crippen LogP contribution in [0.1, 0.15) is 31.2 Å². The first kappa shape index (κ1) is 17.7. The zero-order valence-corrected chi connectivity index (χ0v) is 14.6. The Labute approximate surface area is 145 Å². The van der Waals surface area contributed by atoms with Gasteiger partial charge in [0.15, 0.2) is 0 Å². The molecule has 0 N–H and O–H groups in total. The topological polar surface area (TPSA) is 46.6 Å². The smallest absolute Gasteiger partial charge is 0.305 e. The van der Waals surface area contributed by atoms with Crippen LogP contribution in [0.3, 0.4) is 0 Å². The SMILES string of the molecule is COC(=O)CCCCCN1C(=O)S/C(=C/c2ccccc2)C1=S. The van der Waals surface area contributed by atoms with Crippen LogP contribution in [0.25, 0.3) is 6.08 Å². The first-order valence-electron chi connectivity index (χ1n) is 7.49. The number of hydrogen-bond donors (Lipinski definition) is 0. The van der Waals surface area contributed by atoms with Gasteiger partial charge in [0.1, 0.15) is 4.99 Å². The maximum absolute atomic E-state index is 12.1. The van der Waals surface area contributed by atoms with Crippen molar-refractivity contribution in [1.29, 1.82) is 0 Å². The molecule has 2 rings (SSSR count). The molecule has 0 saturated carbocycles. The lowest BCUT2D eigenvalue weighted by atomic mass is 10.2. The fourth-order valence-corrected chi connectivity index (χ4v) is 3.50. The van der Waals surface area contributed by atoms with Crippen LogP contribution in [0.4, 0.5) is 4.79 Å². The van der Waals surface area contributed by atoms with Crippen molar-refractivity contribution in [2.45, 2.75) is 25.7 Å². The summed E-state index contributed by atoms with van der Waals surface area (Å²) in [4.78, 5) is 26.2. The number of ether oxygens (including phenoxy) is 1. The van der Waals surface area contributed by atoms with Crippen LogP contribution < -0.4 is 0 Å². The number of rotatable bonds is 7. The third kappa shape index (κ3) is 5.18. The molecular formula is C17H19NO3S2. The molecule has 0 spiro atoms. The highest BCUT2D eigenvalue weighted by atomic mass is 32.2. The van der Waals surface area contributed by atoms with E-state index in [4.69, 9.17) is 12.2 Å². The summed E-state index contributed by atoms with van der Waals surface area (Å²) in [6, 6.07) is 9.83. The van der Waals surface area contributed by atoms with E-state index in [0.29, 0.717) is 18.0 Å². The highest BCUT2D eigenvalue weighted by Gasteiger charge is 2.30. The predicted octanol–water partition coefficient (Wildman–Crippen LogP) is 4.26. The zero-order valence-electron chi connectivity index (χ0n) is 13.0. The number of carbonyl (C=O) groups is 2. The van der Waals surface area contributed by atoms with E-state index in [9.17, 15) is 9.59 Å². The number of esters is 1. The third-order valence-corrected chi connectivity index (χ3v) is 4.96. The van der Waals surface area contributed by atoms with Gasteiger partial charge in [-0.2, -0.15) is 0 Å². The molecule has 4 nitrogen and oxygen atoms in total. The van der Waals surface area contributed by atoms with E-state index in [-0.39, 0.29) is 11.2 Å². The Morgan fingerprint density at radius 3 is 2.70 bits per heavy atom. The van der Waals surface area contributed by atoms with E-state index in [1.165, 1.54) is 18.9 Å². The maximum atomic E-state index is 12.1. The molecule has 1 heterocycles. The van der Waals surface area contributed by atoms with Crippen molar-refractivity contribution in [3.8, 4) is 0 Å². The molecule has 6 heteroatoms. The molecule has 0 unspecified atom stereocenters. The number of hydrogen-bond acceptors (Lipinski definition) is 5. The number of thioether (sulfide) groups is 1. The molecule has 1 aliphatic heterocycles. The Bertz CT molecular complexity index is 614. The normalized spacial score (nSPS) is 16.2. The monoisotopic (exact) mass is 349 g/mol. The number of nitrogens with zero attached hydrogens (tertiary/aromatic N) is 1. The molecule has 1 aromatic rings. The van der Waals surface area contributed by atoms with Crippen LogP contribution in [-0.2, 0) is 9.53 Å². The summed E-state index contributed by atoms with van der Waals surface area (Å²) in [5.41, 5.74) is 1.03. The van der Waals surface area contributed by atoms with E-state index in [1.807, 2.05) is 36.4 Å². The van der Waals surface area contributed by atoms with Gasteiger partial charge in [-0.1, -0.05) is 49.0 Å². The summed E-state index contributed by atoms with van der Waals surface area (Å²) in [5.74, 6) is -0.193. The molecule has 0 aliphatic carbocycles. The molecule has 0 atom stereocenters. The number of methoxy groups -OCH3 is 1. The lowest BCUT2D eigenvalue weighted by Crippen LogP contribution is -2.27. The van der Waals surface area contributed by atoms with Crippen LogP contribution in [0.5, 0.6) is 0 Å². The van der Waals surface area contributed by atoms with Crippen molar-refractivity contribution in [3.05, 3.63) is 40.8 Å². The summed E-state index contributed by atoms with van der Waals surface area (Å²) in [6.07, 6.45) is 4.82. The average molecular weight is 349 g/mol. The van der Waals surface area contributed by atoms with Gasteiger partial charge < -0.3 is 4.74 Å². The predicted molar refractivity (Wildman–Crippen MR) is 97.2 cm³/mol. The minimum Gasteiger partial charge on any atom is -0.469 e.